The van der Waals surface area contributed by atoms with Crippen LogP contribution in [0, 0.1) is 17.0 Å². The summed E-state index contributed by atoms with van der Waals surface area (Å²) < 4.78 is 16.8. The van der Waals surface area contributed by atoms with Gasteiger partial charge in [0.05, 0.1) is 17.6 Å². The molecule has 0 aliphatic heterocycles. The SMILES string of the molecule is Cc1cc(=O)oc2cc(OCc3ccc([N+](=O)[O-])cc3OCCCCN=[N+]=[N-])ccc12. The molecular formula is C21H20N4O6. The second-order valence-electron chi connectivity index (χ2n) is 6.75. The molecule has 1 heterocycles. The first kappa shape index (κ1) is 21.7. The minimum absolute atomic E-state index is 0.0872. The second-order valence-corrected chi connectivity index (χ2v) is 6.75. The van der Waals surface area contributed by atoms with Crippen LogP contribution in [0.4, 0.5) is 5.69 Å². The Morgan fingerprint density at radius 3 is 2.77 bits per heavy atom. The number of ether oxygens (including phenoxy) is 2. The van der Waals surface area contributed by atoms with Crippen molar-refractivity contribution in [1.29, 1.82) is 0 Å². The normalized spacial score (nSPS) is 10.5. The fourth-order valence-corrected chi connectivity index (χ4v) is 2.98. The molecule has 0 unspecified atom stereocenters. The summed E-state index contributed by atoms with van der Waals surface area (Å²) in [5, 5.41) is 15.4. The first-order chi connectivity index (χ1) is 15.0. The maximum absolute atomic E-state index is 11.6. The van der Waals surface area contributed by atoms with E-state index >= 15 is 0 Å². The zero-order valence-corrected chi connectivity index (χ0v) is 16.8. The smallest absolute Gasteiger partial charge is 0.336 e. The van der Waals surface area contributed by atoms with E-state index in [0.717, 1.165) is 10.9 Å². The molecule has 0 amide bonds. The molecule has 0 atom stereocenters. The number of nitrogens with zero attached hydrogens (tertiary/aromatic N) is 4. The number of nitro benzene ring substituents is 1. The Bertz CT molecular complexity index is 1200. The Balaban J connectivity index is 1.73. The van der Waals surface area contributed by atoms with E-state index in [2.05, 4.69) is 10.0 Å². The molecule has 10 nitrogen and oxygen atoms in total. The molecule has 0 spiro atoms. The number of aryl methyl sites for hydroxylation is 1. The summed E-state index contributed by atoms with van der Waals surface area (Å²) in [6.07, 6.45) is 1.28. The van der Waals surface area contributed by atoms with Gasteiger partial charge in [0, 0.05) is 40.6 Å². The average Bonchev–Trinajstić information content (AvgIpc) is 2.74. The molecule has 160 valence electrons. The fraction of sp³-hybridized carbons (Fsp3) is 0.286. The Labute approximate surface area is 176 Å². The molecule has 0 N–H and O–H groups in total. The van der Waals surface area contributed by atoms with Crippen LogP contribution in [-0.2, 0) is 6.61 Å². The van der Waals surface area contributed by atoms with Gasteiger partial charge < -0.3 is 13.9 Å². The summed E-state index contributed by atoms with van der Waals surface area (Å²) in [7, 11) is 0. The summed E-state index contributed by atoms with van der Waals surface area (Å²) in [5.41, 5.74) is 9.62. The quantitative estimate of drug-likeness (QED) is 0.0847. The topological polar surface area (TPSA) is 141 Å². The maximum atomic E-state index is 11.6. The first-order valence-electron chi connectivity index (χ1n) is 9.56. The van der Waals surface area contributed by atoms with Crippen LogP contribution in [0.5, 0.6) is 11.5 Å². The van der Waals surface area contributed by atoms with E-state index in [0.29, 0.717) is 48.6 Å². The molecule has 31 heavy (non-hydrogen) atoms. The van der Waals surface area contributed by atoms with E-state index in [1.165, 1.54) is 18.2 Å². The predicted octanol–water partition coefficient (Wildman–Crippen LogP) is 5.06. The van der Waals surface area contributed by atoms with Gasteiger partial charge in [0.1, 0.15) is 23.7 Å². The van der Waals surface area contributed by atoms with Crippen LogP contribution in [0.15, 0.2) is 56.8 Å². The minimum Gasteiger partial charge on any atom is -0.493 e. The minimum atomic E-state index is -0.493. The average molecular weight is 424 g/mol. The van der Waals surface area contributed by atoms with Crippen LogP contribution in [-0.4, -0.2) is 18.1 Å². The van der Waals surface area contributed by atoms with E-state index in [-0.39, 0.29) is 12.3 Å². The van der Waals surface area contributed by atoms with Crippen LogP contribution in [0.3, 0.4) is 0 Å². The Kier molecular flexibility index (Phi) is 7.08. The van der Waals surface area contributed by atoms with Crippen LogP contribution < -0.4 is 15.1 Å². The number of rotatable bonds is 10. The molecule has 0 aliphatic carbocycles. The molecule has 0 aliphatic rings. The lowest BCUT2D eigenvalue weighted by Crippen LogP contribution is -2.04. The van der Waals surface area contributed by atoms with Gasteiger partial charge in [-0.3, -0.25) is 10.1 Å². The summed E-state index contributed by atoms with van der Waals surface area (Å²) in [5.74, 6) is 0.834. The number of unbranched alkanes of at least 4 members (excludes halogenated alkanes) is 1. The number of non-ortho nitro benzene ring substituents is 1. The highest BCUT2D eigenvalue weighted by molar-refractivity contribution is 5.81. The molecule has 0 radical (unpaired) electrons. The lowest BCUT2D eigenvalue weighted by Gasteiger charge is -2.13. The Morgan fingerprint density at radius 2 is 2.00 bits per heavy atom. The maximum Gasteiger partial charge on any atom is 0.336 e. The number of benzene rings is 2. The van der Waals surface area contributed by atoms with Crippen molar-refractivity contribution in [1.82, 2.24) is 0 Å². The molecule has 0 saturated heterocycles. The number of hydrogen-bond donors (Lipinski definition) is 0. The van der Waals surface area contributed by atoms with E-state index in [1.807, 2.05) is 6.92 Å². The zero-order valence-electron chi connectivity index (χ0n) is 16.8. The predicted molar refractivity (Wildman–Crippen MR) is 113 cm³/mol. The van der Waals surface area contributed by atoms with Gasteiger partial charge in [0.25, 0.3) is 5.69 Å². The molecule has 10 heteroatoms. The third-order valence-electron chi connectivity index (χ3n) is 4.55. The van der Waals surface area contributed by atoms with Crippen LogP contribution >= 0.6 is 0 Å². The first-order valence-corrected chi connectivity index (χ1v) is 9.56. The lowest BCUT2D eigenvalue weighted by atomic mass is 10.1. The number of fused-ring (bicyclic) bond motifs is 1. The fourth-order valence-electron chi connectivity index (χ4n) is 2.98. The standard InChI is InChI=1S/C21H20N4O6/c1-14-10-21(26)31-20-12-17(6-7-18(14)20)30-13-15-4-5-16(25(27)28)11-19(15)29-9-3-2-8-23-24-22/h4-7,10-12H,2-3,8-9,13H2,1H3. The van der Waals surface area contributed by atoms with Crippen LogP contribution in [0.1, 0.15) is 24.0 Å². The van der Waals surface area contributed by atoms with Crippen molar-refractivity contribution in [2.45, 2.75) is 26.4 Å². The van der Waals surface area contributed by atoms with Gasteiger partial charge in [-0.1, -0.05) is 5.11 Å². The van der Waals surface area contributed by atoms with Gasteiger partial charge >= 0.3 is 5.63 Å². The molecule has 3 aromatic rings. The van der Waals surface area contributed by atoms with Crippen molar-refractivity contribution in [3.63, 3.8) is 0 Å². The van der Waals surface area contributed by atoms with Crippen molar-refractivity contribution in [3.05, 3.63) is 84.6 Å². The monoisotopic (exact) mass is 424 g/mol. The number of nitro groups is 1. The summed E-state index contributed by atoms with van der Waals surface area (Å²) >= 11 is 0. The zero-order chi connectivity index (χ0) is 22.2. The summed E-state index contributed by atoms with van der Waals surface area (Å²) in [6, 6.07) is 10.9. The molecular weight excluding hydrogens is 404 g/mol. The van der Waals surface area contributed by atoms with Gasteiger partial charge in [-0.05, 0) is 49.1 Å². The van der Waals surface area contributed by atoms with Gasteiger partial charge in [0.2, 0.25) is 0 Å². The third-order valence-corrected chi connectivity index (χ3v) is 4.55. The molecule has 0 saturated carbocycles. The van der Waals surface area contributed by atoms with Gasteiger partial charge in [-0.2, -0.15) is 0 Å². The highest BCUT2D eigenvalue weighted by Gasteiger charge is 2.13. The van der Waals surface area contributed by atoms with Gasteiger partial charge in [0.15, 0.2) is 0 Å². The van der Waals surface area contributed by atoms with Crippen molar-refractivity contribution in [2.75, 3.05) is 13.2 Å². The van der Waals surface area contributed by atoms with E-state index in [4.69, 9.17) is 19.4 Å². The van der Waals surface area contributed by atoms with Crippen molar-refractivity contribution in [3.8, 4) is 11.5 Å². The van der Waals surface area contributed by atoms with Crippen molar-refractivity contribution < 1.29 is 18.8 Å². The molecule has 0 bridgehead atoms. The Hall–Kier alpha value is -4.04. The molecule has 2 aromatic carbocycles. The summed E-state index contributed by atoms with van der Waals surface area (Å²) in [6.45, 7) is 2.61. The van der Waals surface area contributed by atoms with Gasteiger partial charge in [-0.15, -0.1) is 0 Å². The van der Waals surface area contributed by atoms with Crippen molar-refractivity contribution >= 4 is 16.7 Å². The number of hydrogen-bond acceptors (Lipinski definition) is 7. The van der Waals surface area contributed by atoms with Gasteiger partial charge in [-0.25, -0.2) is 4.79 Å². The number of azide groups is 1. The summed E-state index contributed by atoms with van der Waals surface area (Å²) in [4.78, 5) is 24.9. The van der Waals surface area contributed by atoms with Crippen LogP contribution in [0.25, 0.3) is 21.4 Å². The van der Waals surface area contributed by atoms with E-state index in [1.54, 1.807) is 24.3 Å². The lowest BCUT2D eigenvalue weighted by molar-refractivity contribution is -0.385. The Morgan fingerprint density at radius 1 is 1.16 bits per heavy atom. The highest BCUT2D eigenvalue weighted by Crippen LogP contribution is 2.28. The molecule has 0 fully saturated rings. The second kappa shape index (κ2) is 10.1. The van der Waals surface area contributed by atoms with E-state index in [9.17, 15) is 14.9 Å². The highest BCUT2D eigenvalue weighted by atomic mass is 16.6. The van der Waals surface area contributed by atoms with Crippen LogP contribution in [0.2, 0.25) is 0 Å². The molecule has 1 aromatic heterocycles. The van der Waals surface area contributed by atoms with Crippen molar-refractivity contribution in [2.24, 2.45) is 5.11 Å². The third kappa shape index (κ3) is 5.74. The molecule has 3 rings (SSSR count). The van der Waals surface area contributed by atoms with E-state index < -0.39 is 10.5 Å². The largest absolute Gasteiger partial charge is 0.493 e.